The van der Waals surface area contributed by atoms with E-state index in [9.17, 15) is 4.79 Å². The van der Waals surface area contributed by atoms with Gasteiger partial charge in [0.1, 0.15) is 0 Å². The fourth-order valence-corrected chi connectivity index (χ4v) is 3.31. The van der Waals surface area contributed by atoms with Gasteiger partial charge in [-0.1, -0.05) is 0 Å². The highest BCUT2D eigenvalue weighted by Gasteiger charge is 2.31. The number of H-pyrrole nitrogens is 1. The maximum Gasteiger partial charge on any atom is 0.239 e. The lowest BCUT2D eigenvalue weighted by atomic mass is 9.94. The second-order valence-electron chi connectivity index (χ2n) is 5.96. The second-order valence-corrected chi connectivity index (χ2v) is 5.96. The number of carbonyl (C=O) groups is 1. The lowest BCUT2D eigenvalue weighted by molar-refractivity contribution is -0.141. The van der Waals surface area contributed by atoms with E-state index in [1.807, 2.05) is 17.9 Å². The van der Waals surface area contributed by atoms with Crippen molar-refractivity contribution in [1.82, 2.24) is 20.0 Å². The Balaban J connectivity index is 1.61. The van der Waals surface area contributed by atoms with Crippen LogP contribution in [0.25, 0.3) is 0 Å². The van der Waals surface area contributed by atoms with Gasteiger partial charge < -0.3 is 9.64 Å². The normalized spacial score (nSPS) is 25.8. The van der Waals surface area contributed by atoms with Crippen LogP contribution in [-0.2, 0) is 9.53 Å². The molecule has 2 fully saturated rings. The van der Waals surface area contributed by atoms with E-state index >= 15 is 0 Å². The highest BCUT2D eigenvalue weighted by atomic mass is 16.5. The molecule has 0 spiro atoms. The van der Waals surface area contributed by atoms with Gasteiger partial charge in [-0.25, -0.2) is 0 Å². The van der Waals surface area contributed by atoms with Crippen molar-refractivity contribution in [3.63, 3.8) is 0 Å². The van der Waals surface area contributed by atoms with Crippen molar-refractivity contribution in [3.05, 3.63) is 18.0 Å². The standard InChI is InChI=1S/C15H24N4O2/c1-12(15(20)18-7-9-21-10-8-18)19-6-2-3-13(11-19)14-4-5-16-17-14/h4-5,12-13H,2-3,6-11H2,1H3,(H,16,17). The number of nitrogens with one attached hydrogen (secondary N) is 1. The molecule has 3 rings (SSSR count). The molecule has 6 nitrogen and oxygen atoms in total. The molecule has 1 amide bonds. The van der Waals surface area contributed by atoms with Gasteiger partial charge in [-0.2, -0.15) is 5.10 Å². The minimum absolute atomic E-state index is 0.0474. The van der Waals surface area contributed by atoms with E-state index in [0.717, 1.165) is 39.0 Å². The number of likely N-dealkylation sites (tertiary alicyclic amines) is 1. The lowest BCUT2D eigenvalue weighted by Gasteiger charge is -2.38. The number of rotatable bonds is 3. The van der Waals surface area contributed by atoms with Crippen LogP contribution in [0.15, 0.2) is 12.3 Å². The number of nitrogens with zero attached hydrogens (tertiary/aromatic N) is 3. The molecule has 21 heavy (non-hydrogen) atoms. The van der Waals surface area contributed by atoms with E-state index in [0.29, 0.717) is 19.1 Å². The summed E-state index contributed by atoms with van der Waals surface area (Å²) in [6.07, 6.45) is 4.10. The van der Waals surface area contributed by atoms with Crippen LogP contribution >= 0.6 is 0 Å². The van der Waals surface area contributed by atoms with Crippen LogP contribution in [0, 0.1) is 0 Å². The van der Waals surface area contributed by atoms with Crippen LogP contribution < -0.4 is 0 Å². The molecule has 2 unspecified atom stereocenters. The Hall–Kier alpha value is -1.40. The van der Waals surface area contributed by atoms with Gasteiger partial charge in [0.25, 0.3) is 0 Å². The van der Waals surface area contributed by atoms with Gasteiger partial charge >= 0.3 is 0 Å². The molecule has 1 N–H and O–H groups in total. The van der Waals surface area contributed by atoms with Crippen LogP contribution in [0.1, 0.15) is 31.4 Å². The Morgan fingerprint density at radius 2 is 2.24 bits per heavy atom. The summed E-state index contributed by atoms with van der Waals surface area (Å²) in [4.78, 5) is 16.8. The Morgan fingerprint density at radius 3 is 2.95 bits per heavy atom. The quantitative estimate of drug-likeness (QED) is 0.896. The number of ether oxygens (including phenoxy) is 1. The summed E-state index contributed by atoms with van der Waals surface area (Å²) in [5.74, 6) is 0.699. The molecular formula is C15H24N4O2. The molecule has 1 aromatic rings. The third kappa shape index (κ3) is 3.27. The van der Waals surface area contributed by atoms with Gasteiger partial charge in [-0.15, -0.1) is 0 Å². The fourth-order valence-electron chi connectivity index (χ4n) is 3.31. The highest BCUT2D eigenvalue weighted by Crippen LogP contribution is 2.26. The van der Waals surface area contributed by atoms with Crippen LogP contribution in [0.3, 0.4) is 0 Å². The molecule has 1 aromatic heterocycles. The average Bonchev–Trinajstić information content (AvgIpc) is 3.09. The summed E-state index contributed by atoms with van der Waals surface area (Å²) < 4.78 is 5.32. The van der Waals surface area contributed by atoms with Gasteiger partial charge in [-0.3, -0.25) is 14.8 Å². The number of aromatic nitrogens is 2. The largest absolute Gasteiger partial charge is 0.378 e. The number of hydrogen-bond donors (Lipinski definition) is 1. The average molecular weight is 292 g/mol. The zero-order chi connectivity index (χ0) is 14.7. The SMILES string of the molecule is CC(C(=O)N1CCOCC1)N1CCCC(c2ccn[nH]2)C1. The molecule has 0 aromatic carbocycles. The second kappa shape index (κ2) is 6.58. The number of hydrogen-bond acceptors (Lipinski definition) is 4. The predicted molar refractivity (Wildman–Crippen MR) is 79.0 cm³/mol. The van der Waals surface area contributed by atoms with Crippen LogP contribution in [-0.4, -0.2) is 71.3 Å². The van der Waals surface area contributed by atoms with Crippen molar-refractivity contribution in [2.75, 3.05) is 39.4 Å². The maximum absolute atomic E-state index is 12.6. The zero-order valence-corrected chi connectivity index (χ0v) is 12.6. The Labute approximate surface area is 125 Å². The van der Waals surface area contributed by atoms with E-state index in [-0.39, 0.29) is 11.9 Å². The molecule has 2 aliphatic rings. The summed E-state index contributed by atoms with van der Waals surface area (Å²) in [7, 11) is 0. The Bertz CT molecular complexity index is 456. The molecule has 0 saturated carbocycles. The molecule has 2 aliphatic heterocycles. The first-order valence-corrected chi connectivity index (χ1v) is 7.85. The van der Waals surface area contributed by atoms with Crippen molar-refractivity contribution < 1.29 is 9.53 Å². The molecule has 0 bridgehead atoms. The van der Waals surface area contributed by atoms with Gasteiger partial charge in [0.05, 0.1) is 19.3 Å². The lowest BCUT2D eigenvalue weighted by Crippen LogP contribution is -2.52. The topological polar surface area (TPSA) is 61.5 Å². The van der Waals surface area contributed by atoms with Crippen LogP contribution in [0.4, 0.5) is 0 Å². The van der Waals surface area contributed by atoms with Crippen molar-refractivity contribution >= 4 is 5.91 Å². The minimum atomic E-state index is -0.0474. The number of amides is 1. The smallest absolute Gasteiger partial charge is 0.239 e. The number of piperidine rings is 1. The zero-order valence-electron chi connectivity index (χ0n) is 12.6. The number of aromatic amines is 1. The predicted octanol–water partition coefficient (Wildman–Crippen LogP) is 0.836. The third-order valence-electron chi connectivity index (χ3n) is 4.64. The summed E-state index contributed by atoms with van der Waals surface area (Å²) >= 11 is 0. The first-order valence-electron chi connectivity index (χ1n) is 7.85. The van der Waals surface area contributed by atoms with Crippen molar-refractivity contribution in [2.45, 2.75) is 31.7 Å². The van der Waals surface area contributed by atoms with Crippen molar-refractivity contribution in [2.24, 2.45) is 0 Å². The minimum Gasteiger partial charge on any atom is -0.378 e. The number of morpholine rings is 1. The summed E-state index contributed by atoms with van der Waals surface area (Å²) in [5, 5.41) is 7.11. The van der Waals surface area contributed by atoms with E-state index in [4.69, 9.17) is 4.74 Å². The van der Waals surface area contributed by atoms with E-state index < -0.39 is 0 Å². The Morgan fingerprint density at radius 1 is 1.43 bits per heavy atom. The van der Waals surface area contributed by atoms with Gasteiger partial charge in [0.15, 0.2) is 0 Å². The molecule has 2 saturated heterocycles. The molecule has 0 aliphatic carbocycles. The maximum atomic E-state index is 12.6. The molecular weight excluding hydrogens is 268 g/mol. The molecule has 2 atom stereocenters. The van der Waals surface area contributed by atoms with Gasteiger partial charge in [0, 0.05) is 37.4 Å². The van der Waals surface area contributed by atoms with Crippen LogP contribution in [0.5, 0.6) is 0 Å². The van der Waals surface area contributed by atoms with E-state index in [2.05, 4.69) is 15.1 Å². The summed E-state index contributed by atoms with van der Waals surface area (Å²) in [5.41, 5.74) is 1.19. The monoisotopic (exact) mass is 292 g/mol. The summed E-state index contributed by atoms with van der Waals surface area (Å²) in [6, 6.07) is 2.00. The van der Waals surface area contributed by atoms with Crippen molar-refractivity contribution in [1.29, 1.82) is 0 Å². The summed E-state index contributed by atoms with van der Waals surface area (Å²) in [6.45, 7) is 6.74. The molecule has 0 radical (unpaired) electrons. The fraction of sp³-hybridized carbons (Fsp3) is 0.733. The first-order chi connectivity index (χ1) is 10.3. The molecule has 3 heterocycles. The van der Waals surface area contributed by atoms with Crippen molar-refractivity contribution in [3.8, 4) is 0 Å². The number of carbonyl (C=O) groups excluding carboxylic acids is 1. The highest BCUT2D eigenvalue weighted by molar-refractivity contribution is 5.81. The van der Waals surface area contributed by atoms with Crippen LogP contribution in [0.2, 0.25) is 0 Å². The first kappa shape index (κ1) is 14.5. The molecule has 6 heteroatoms. The van der Waals surface area contributed by atoms with E-state index in [1.54, 1.807) is 6.20 Å². The Kier molecular flexibility index (Phi) is 4.55. The third-order valence-corrected chi connectivity index (χ3v) is 4.64. The van der Waals surface area contributed by atoms with Gasteiger partial charge in [-0.05, 0) is 32.4 Å². The molecule has 116 valence electrons. The van der Waals surface area contributed by atoms with E-state index in [1.165, 1.54) is 5.69 Å². The van der Waals surface area contributed by atoms with Gasteiger partial charge in [0.2, 0.25) is 5.91 Å².